The maximum Gasteiger partial charge on any atom is 0.0121 e. The number of likely N-dealkylation sites (tertiary alicyclic amines) is 1. The zero-order chi connectivity index (χ0) is 15.5. The van der Waals surface area contributed by atoms with Crippen LogP contribution >= 0.6 is 0 Å². The van der Waals surface area contributed by atoms with Gasteiger partial charge >= 0.3 is 0 Å². The molecule has 2 aliphatic heterocycles. The topological polar surface area (TPSA) is 9.72 Å². The van der Waals surface area contributed by atoms with E-state index in [1.165, 1.54) is 77.9 Å². The van der Waals surface area contributed by atoms with Crippen LogP contribution in [0.1, 0.15) is 46.0 Å². The first-order valence-electron chi connectivity index (χ1n) is 9.76. The average molecular weight is 308 g/mol. The van der Waals surface area contributed by atoms with Crippen LogP contribution in [0, 0.1) is 17.8 Å². The molecular weight excluding hydrogens is 270 g/mol. The van der Waals surface area contributed by atoms with E-state index in [0.29, 0.717) is 0 Å². The van der Waals surface area contributed by atoms with Gasteiger partial charge in [-0.15, -0.1) is 0 Å². The summed E-state index contributed by atoms with van der Waals surface area (Å²) in [6, 6.07) is 0.872. The molecule has 0 spiro atoms. The van der Waals surface area contributed by atoms with Crippen molar-refractivity contribution in [3.8, 4) is 0 Å². The first-order chi connectivity index (χ1) is 10.6. The van der Waals surface area contributed by atoms with Gasteiger partial charge in [-0.2, -0.15) is 0 Å². The molecule has 2 unspecified atom stereocenters. The molecular formula is C19H37N3. The van der Waals surface area contributed by atoms with Gasteiger partial charge in [0.05, 0.1) is 0 Å². The van der Waals surface area contributed by atoms with Crippen molar-refractivity contribution in [2.75, 3.05) is 52.9 Å². The fourth-order valence-corrected chi connectivity index (χ4v) is 4.90. The molecule has 0 radical (unpaired) electrons. The summed E-state index contributed by atoms with van der Waals surface area (Å²) in [5.41, 5.74) is 0. The van der Waals surface area contributed by atoms with Crippen molar-refractivity contribution in [1.82, 2.24) is 14.7 Å². The molecule has 2 saturated heterocycles. The van der Waals surface area contributed by atoms with Gasteiger partial charge in [-0.05, 0) is 70.0 Å². The van der Waals surface area contributed by atoms with Gasteiger partial charge < -0.3 is 9.80 Å². The lowest BCUT2D eigenvalue weighted by Crippen LogP contribution is -2.52. The summed E-state index contributed by atoms with van der Waals surface area (Å²) >= 11 is 0. The Balaban J connectivity index is 1.37. The number of piperazine rings is 1. The number of piperidine rings is 1. The molecule has 3 rings (SSSR count). The van der Waals surface area contributed by atoms with Crippen molar-refractivity contribution in [3.63, 3.8) is 0 Å². The van der Waals surface area contributed by atoms with E-state index in [0.717, 1.165) is 23.8 Å². The fourth-order valence-electron chi connectivity index (χ4n) is 4.90. The van der Waals surface area contributed by atoms with Gasteiger partial charge in [0.25, 0.3) is 0 Å². The van der Waals surface area contributed by atoms with E-state index < -0.39 is 0 Å². The van der Waals surface area contributed by atoms with Crippen LogP contribution < -0.4 is 0 Å². The van der Waals surface area contributed by atoms with E-state index in [9.17, 15) is 0 Å². The molecule has 0 N–H and O–H groups in total. The van der Waals surface area contributed by atoms with E-state index >= 15 is 0 Å². The molecule has 1 aliphatic carbocycles. The monoisotopic (exact) mass is 307 g/mol. The quantitative estimate of drug-likeness (QED) is 0.791. The minimum absolute atomic E-state index is 0.872. The second-order valence-corrected chi connectivity index (χ2v) is 8.55. The Morgan fingerprint density at radius 1 is 0.864 bits per heavy atom. The highest BCUT2D eigenvalue weighted by atomic mass is 15.3. The van der Waals surface area contributed by atoms with Crippen LogP contribution in [0.3, 0.4) is 0 Å². The van der Waals surface area contributed by atoms with Crippen molar-refractivity contribution < 1.29 is 0 Å². The van der Waals surface area contributed by atoms with Gasteiger partial charge in [-0.25, -0.2) is 0 Å². The maximum absolute atomic E-state index is 2.78. The standard InChI is InChI=1S/C19H37N3/c1-16(2)18-5-4-17(14-18)15-21-8-6-19(7-9-21)22-12-10-20(3)11-13-22/h16-19H,4-15H2,1-3H3. The van der Waals surface area contributed by atoms with Crippen molar-refractivity contribution in [1.29, 1.82) is 0 Å². The average Bonchev–Trinajstić information content (AvgIpc) is 2.98. The summed E-state index contributed by atoms with van der Waals surface area (Å²) < 4.78 is 0. The van der Waals surface area contributed by atoms with Crippen LogP contribution in [0.15, 0.2) is 0 Å². The third-order valence-electron chi connectivity index (χ3n) is 6.65. The minimum Gasteiger partial charge on any atom is -0.304 e. The van der Waals surface area contributed by atoms with Gasteiger partial charge in [-0.3, -0.25) is 4.90 Å². The molecule has 0 aromatic carbocycles. The van der Waals surface area contributed by atoms with E-state index in [1.54, 1.807) is 0 Å². The molecule has 128 valence electrons. The van der Waals surface area contributed by atoms with Crippen LogP contribution in [0.5, 0.6) is 0 Å². The van der Waals surface area contributed by atoms with Crippen LogP contribution in [-0.2, 0) is 0 Å². The van der Waals surface area contributed by atoms with E-state index in [4.69, 9.17) is 0 Å². The predicted molar refractivity (Wildman–Crippen MR) is 94.2 cm³/mol. The summed E-state index contributed by atoms with van der Waals surface area (Å²) in [5, 5.41) is 0. The Kier molecular flexibility index (Phi) is 5.80. The third kappa shape index (κ3) is 4.24. The molecule has 3 fully saturated rings. The van der Waals surface area contributed by atoms with Gasteiger partial charge in [0, 0.05) is 38.8 Å². The van der Waals surface area contributed by atoms with Gasteiger partial charge in [0.15, 0.2) is 0 Å². The number of rotatable bonds is 4. The highest BCUT2D eigenvalue weighted by molar-refractivity contribution is 4.85. The smallest absolute Gasteiger partial charge is 0.0121 e. The molecule has 2 atom stereocenters. The number of nitrogens with zero attached hydrogens (tertiary/aromatic N) is 3. The summed E-state index contributed by atoms with van der Waals surface area (Å²) in [6.45, 7) is 14.0. The first kappa shape index (κ1) is 16.7. The lowest BCUT2D eigenvalue weighted by atomic mass is 9.93. The van der Waals surface area contributed by atoms with E-state index in [2.05, 4.69) is 35.6 Å². The lowest BCUT2D eigenvalue weighted by molar-refractivity contribution is 0.0632. The maximum atomic E-state index is 2.78. The molecule has 0 aromatic rings. The Morgan fingerprint density at radius 3 is 2.14 bits per heavy atom. The Bertz CT molecular complexity index is 328. The third-order valence-corrected chi connectivity index (χ3v) is 6.65. The van der Waals surface area contributed by atoms with Crippen LogP contribution in [0.2, 0.25) is 0 Å². The SMILES string of the molecule is CC(C)C1CCC(CN2CCC(N3CCN(C)CC3)CC2)C1. The van der Waals surface area contributed by atoms with Crippen molar-refractivity contribution >= 4 is 0 Å². The van der Waals surface area contributed by atoms with Crippen molar-refractivity contribution in [2.45, 2.75) is 52.0 Å². The zero-order valence-corrected chi connectivity index (χ0v) is 15.1. The van der Waals surface area contributed by atoms with Gasteiger partial charge in [0.1, 0.15) is 0 Å². The molecule has 0 amide bonds. The summed E-state index contributed by atoms with van der Waals surface area (Å²) in [7, 11) is 2.26. The van der Waals surface area contributed by atoms with Crippen molar-refractivity contribution in [3.05, 3.63) is 0 Å². The number of hydrogen-bond donors (Lipinski definition) is 0. The summed E-state index contributed by atoms with van der Waals surface area (Å²) in [6.07, 6.45) is 7.28. The molecule has 22 heavy (non-hydrogen) atoms. The van der Waals surface area contributed by atoms with Crippen LogP contribution in [0.4, 0.5) is 0 Å². The highest BCUT2D eigenvalue weighted by Crippen LogP contribution is 2.36. The van der Waals surface area contributed by atoms with Crippen molar-refractivity contribution in [2.24, 2.45) is 17.8 Å². The Hall–Kier alpha value is -0.120. The predicted octanol–water partition coefficient (Wildman–Crippen LogP) is 2.77. The largest absolute Gasteiger partial charge is 0.304 e. The van der Waals surface area contributed by atoms with Gasteiger partial charge in [0.2, 0.25) is 0 Å². The Labute approximate surface area is 138 Å². The van der Waals surface area contributed by atoms with E-state index in [-0.39, 0.29) is 0 Å². The molecule has 3 aliphatic rings. The fraction of sp³-hybridized carbons (Fsp3) is 1.00. The number of likely N-dealkylation sites (N-methyl/N-ethyl adjacent to an activating group) is 1. The lowest BCUT2D eigenvalue weighted by Gasteiger charge is -2.42. The normalized spacial score (nSPS) is 33.8. The summed E-state index contributed by atoms with van der Waals surface area (Å²) in [4.78, 5) is 8.01. The molecule has 0 bridgehead atoms. The molecule has 3 nitrogen and oxygen atoms in total. The highest BCUT2D eigenvalue weighted by Gasteiger charge is 2.31. The van der Waals surface area contributed by atoms with E-state index in [1.807, 2.05) is 0 Å². The molecule has 3 heteroatoms. The molecule has 2 heterocycles. The number of hydrogen-bond acceptors (Lipinski definition) is 3. The second-order valence-electron chi connectivity index (χ2n) is 8.55. The zero-order valence-electron chi connectivity index (χ0n) is 15.1. The Morgan fingerprint density at radius 2 is 1.55 bits per heavy atom. The first-order valence-corrected chi connectivity index (χ1v) is 9.76. The van der Waals surface area contributed by atoms with Gasteiger partial charge in [-0.1, -0.05) is 13.8 Å². The van der Waals surface area contributed by atoms with Crippen LogP contribution in [0.25, 0.3) is 0 Å². The molecule has 1 saturated carbocycles. The minimum atomic E-state index is 0.872. The summed E-state index contributed by atoms with van der Waals surface area (Å²) in [5.74, 6) is 2.90. The van der Waals surface area contributed by atoms with Crippen LogP contribution in [-0.4, -0.2) is 73.6 Å². The second kappa shape index (κ2) is 7.63. The molecule has 0 aromatic heterocycles.